The molecule has 1 aromatic rings. The third kappa shape index (κ3) is 14.0. The van der Waals surface area contributed by atoms with E-state index in [1.54, 1.807) is 5.32 Å². The van der Waals surface area contributed by atoms with Crippen LogP contribution in [0.4, 0.5) is 0 Å². The van der Waals surface area contributed by atoms with Crippen molar-refractivity contribution in [3.05, 3.63) is 49.7 Å². The molecule has 1 rings (SSSR count). The molecule has 0 saturated carbocycles. The molecule has 16 heavy (non-hydrogen) atoms. The number of imide groups is 1. The summed E-state index contributed by atoms with van der Waals surface area (Å²) in [7, 11) is 0. The Morgan fingerprint density at radius 1 is 1.44 bits per heavy atom. The second-order valence-electron chi connectivity index (χ2n) is 2.31. The molecule has 0 aliphatic rings. The predicted octanol–water partition coefficient (Wildman–Crippen LogP) is 1.06. The van der Waals surface area contributed by atoms with Crippen LogP contribution in [0.2, 0.25) is 0 Å². The largest absolute Gasteiger partial charge is 0.464 e. The van der Waals surface area contributed by atoms with E-state index < -0.39 is 5.91 Å². The van der Waals surface area contributed by atoms with Crippen molar-refractivity contribution in [2.45, 2.75) is 6.42 Å². The van der Waals surface area contributed by atoms with Crippen molar-refractivity contribution in [1.29, 1.82) is 0 Å². The fourth-order valence-electron chi connectivity index (χ4n) is 0.541. The third-order valence-electron chi connectivity index (χ3n) is 1.20. The van der Waals surface area contributed by atoms with Gasteiger partial charge in [0.1, 0.15) is 0 Å². The van der Waals surface area contributed by atoms with Gasteiger partial charge in [-0.2, -0.15) is 49.2 Å². The van der Waals surface area contributed by atoms with Crippen LogP contribution in [0.15, 0.2) is 24.3 Å². The quantitative estimate of drug-likeness (QED) is 0.529. The fraction of sp³-hybridized carbons (Fsp3) is 0.0909. The number of amides is 2. The Morgan fingerprint density at radius 3 is 2.12 bits per heavy atom. The van der Waals surface area contributed by atoms with Gasteiger partial charge in [0.2, 0.25) is 0 Å². The molecule has 1 radical (unpaired) electrons. The van der Waals surface area contributed by atoms with Crippen LogP contribution in [0.1, 0.15) is 12.0 Å². The molecule has 0 heterocycles. The first-order valence-electron chi connectivity index (χ1n) is 3.94. The molecule has 0 saturated heterocycles. The van der Waals surface area contributed by atoms with Crippen molar-refractivity contribution >= 4 is 12.3 Å². The number of benzene rings is 1. The van der Waals surface area contributed by atoms with E-state index in [-0.39, 0.29) is 60.2 Å². The number of carbonyl (C=O) groups excluding carboxylic acids is 2. The van der Waals surface area contributed by atoms with Gasteiger partial charge < -0.3 is 21.8 Å². The molecule has 0 aliphatic heterocycles. The summed E-state index contributed by atoms with van der Waals surface area (Å²) in [5, 5.41) is 1.79. The summed E-state index contributed by atoms with van der Waals surface area (Å²) >= 11 is 0. The molecule has 0 unspecified atom stereocenters. The van der Waals surface area contributed by atoms with E-state index in [4.69, 9.17) is 0 Å². The Labute approximate surface area is 136 Å². The zero-order chi connectivity index (χ0) is 10.8. The molecule has 1 aromatic carbocycles. The van der Waals surface area contributed by atoms with Crippen LogP contribution in [0, 0.1) is 19.9 Å². The molecule has 3 nitrogen and oxygen atoms in total. The summed E-state index contributed by atoms with van der Waals surface area (Å²) in [6, 6.07) is 10.4. The van der Waals surface area contributed by atoms with Crippen LogP contribution in [0.3, 0.4) is 0 Å². The third-order valence-corrected chi connectivity index (χ3v) is 1.20. The van der Waals surface area contributed by atoms with Crippen molar-refractivity contribution < 1.29 is 63.4 Å². The van der Waals surface area contributed by atoms with E-state index in [0.717, 1.165) is 5.56 Å². The first-order valence-corrected chi connectivity index (χ1v) is 3.94. The van der Waals surface area contributed by atoms with Gasteiger partial charge >= 0.3 is 0 Å². The number of hydrogen-bond donors (Lipinski definition) is 1. The Hall–Kier alpha value is 0.0222. The molecule has 0 aromatic heterocycles. The number of carbonyl (C=O) groups is 1. The Bertz CT molecular complexity index is 281. The average molecular weight is 462 g/mol. The minimum atomic E-state index is -0.407. The summed E-state index contributed by atoms with van der Waals surface area (Å²) in [5.41, 5.74) is 1.04. The van der Waals surface area contributed by atoms with Crippen LogP contribution in [0.5, 0.6) is 0 Å². The maximum Gasteiger partial charge on any atom is 0.0713 e. The maximum absolute atomic E-state index is 9.98. The van der Waals surface area contributed by atoms with E-state index >= 15 is 0 Å². The van der Waals surface area contributed by atoms with Gasteiger partial charge in [-0.25, -0.2) is 0 Å². The van der Waals surface area contributed by atoms with Gasteiger partial charge in [-0.3, -0.25) is 0 Å². The first-order chi connectivity index (χ1) is 6.70. The average Bonchev–Trinajstić information content (AvgIpc) is 2.20. The molecule has 0 aliphatic carbocycles. The van der Waals surface area contributed by atoms with Gasteiger partial charge in [-0.05, 0) is 0 Å². The molecular weight excluding hydrogens is 451 g/mol. The maximum atomic E-state index is 9.98. The van der Waals surface area contributed by atoms with Crippen LogP contribution >= 0.6 is 0 Å². The topological polar surface area (TPSA) is 46.2 Å². The zero-order valence-electron chi connectivity index (χ0n) is 8.73. The standard InChI is InChI=1S/C7H6.C4H5NO2.W.Y/c1-7-5-3-2-4-6-7;1-2-4(7)5-3-6;;/h3-6H,1H2;1-2H2,(H,5,6,7);;/q2*-2;;. The fourth-order valence-corrected chi connectivity index (χ4v) is 0.541. The van der Waals surface area contributed by atoms with Gasteiger partial charge in [0.15, 0.2) is 0 Å². The Kier molecular flexibility index (Phi) is 20.0. The van der Waals surface area contributed by atoms with Crippen LogP contribution in [0.25, 0.3) is 0 Å². The van der Waals surface area contributed by atoms with E-state index in [0.29, 0.717) is 0 Å². The van der Waals surface area contributed by atoms with Crippen LogP contribution < -0.4 is 5.32 Å². The van der Waals surface area contributed by atoms with Crippen LogP contribution in [-0.2, 0) is 63.4 Å². The Balaban J connectivity index is -0.000000188. The normalized spacial score (nSPS) is 7.06. The summed E-state index contributed by atoms with van der Waals surface area (Å²) in [6.45, 7) is 6.91. The number of nitrogens with one attached hydrogen (secondary N) is 1. The second-order valence-corrected chi connectivity index (χ2v) is 2.31. The SMILES string of the molecule is [CH2-]CC(=O)N[C-]=O.[CH2-]c1cc[c-]cc1.[W].[Y]. The molecule has 0 atom stereocenters. The molecule has 85 valence electrons. The number of rotatable bonds is 2. The number of hydrogen-bond acceptors (Lipinski definition) is 2. The van der Waals surface area contributed by atoms with Gasteiger partial charge in [-0.15, -0.1) is 0 Å². The molecule has 0 bridgehead atoms. The zero-order valence-corrected chi connectivity index (χ0v) is 14.5. The minimum Gasteiger partial charge on any atom is -0.464 e. The van der Waals surface area contributed by atoms with Crippen molar-refractivity contribution in [2.24, 2.45) is 0 Å². The summed E-state index contributed by atoms with van der Waals surface area (Å²) in [6.07, 6.45) is 1.31. The predicted molar refractivity (Wildman–Crippen MR) is 53.5 cm³/mol. The molecular formula is C11H11NO2WY-4. The van der Waals surface area contributed by atoms with E-state index in [9.17, 15) is 9.59 Å². The molecule has 5 heteroatoms. The minimum absolute atomic E-state index is 0. The van der Waals surface area contributed by atoms with Gasteiger partial charge in [0.25, 0.3) is 0 Å². The van der Waals surface area contributed by atoms with Crippen LogP contribution in [-0.4, -0.2) is 12.3 Å². The van der Waals surface area contributed by atoms with Crippen molar-refractivity contribution in [3.63, 3.8) is 0 Å². The molecule has 2 amide bonds. The van der Waals surface area contributed by atoms with Crippen molar-refractivity contribution in [3.8, 4) is 0 Å². The van der Waals surface area contributed by atoms with Crippen molar-refractivity contribution in [2.75, 3.05) is 0 Å². The second kappa shape index (κ2) is 15.0. The summed E-state index contributed by atoms with van der Waals surface area (Å²) < 4.78 is 0. The van der Waals surface area contributed by atoms with E-state index in [1.165, 1.54) is 6.41 Å². The van der Waals surface area contributed by atoms with Gasteiger partial charge in [0.05, 0.1) is 6.41 Å². The van der Waals surface area contributed by atoms with E-state index in [2.05, 4.69) is 19.9 Å². The van der Waals surface area contributed by atoms with Gasteiger partial charge in [0, 0.05) is 59.7 Å². The first kappa shape index (κ1) is 21.3. The van der Waals surface area contributed by atoms with Gasteiger partial charge in [-0.1, -0.05) is 0 Å². The van der Waals surface area contributed by atoms with E-state index in [1.807, 2.05) is 24.3 Å². The molecule has 0 spiro atoms. The van der Waals surface area contributed by atoms with Crippen molar-refractivity contribution in [1.82, 2.24) is 5.32 Å². The summed E-state index contributed by atoms with van der Waals surface area (Å²) in [5.74, 6) is -0.407. The molecule has 1 N–H and O–H groups in total. The smallest absolute Gasteiger partial charge is 0.0713 e. The Morgan fingerprint density at radius 2 is 1.94 bits per heavy atom. The molecule has 0 fully saturated rings. The monoisotopic (exact) mass is 462 g/mol. The summed E-state index contributed by atoms with van der Waals surface area (Å²) in [4.78, 5) is 19.3.